The summed E-state index contributed by atoms with van der Waals surface area (Å²) in [4.78, 5) is 14.7. The van der Waals surface area contributed by atoms with Crippen molar-refractivity contribution >= 4 is 22.8 Å². The molecule has 2 N–H and O–H groups in total. The van der Waals surface area contributed by atoms with Crippen LogP contribution in [-0.2, 0) is 17.8 Å². The Hall–Kier alpha value is -3.08. The van der Waals surface area contributed by atoms with Crippen LogP contribution in [0.15, 0.2) is 54.6 Å². The van der Waals surface area contributed by atoms with Gasteiger partial charge in [-0.25, -0.2) is 9.55 Å². The molecule has 0 saturated heterocycles. The summed E-state index contributed by atoms with van der Waals surface area (Å²) >= 11 is 0. The molecule has 0 aliphatic heterocycles. The molecule has 0 fully saturated rings. The van der Waals surface area contributed by atoms with E-state index < -0.39 is 5.97 Å². The van der Waals surface area contributed by atoms with E-state index in [-0.39, 0.29) is 6.42 Å². The van der Waals surface area contributed by atoms with Gasteiger partial charge in [-0.15, -0.1) is 0 Å². The molecule has 0 aliphatic carbocycles. The van der Waals surface area contributed by atoms with Gasteiger partial charge >= 0.3 is 11.7 Å². The number of aryl methyl sites for hydroxylation is 2. The van der Waals surface area contributed by atoms with Crippen LogP contribution < -0.4 is 4.57 Å². The Labute approximate surface area is 145 Å². The first kappa shape index (κ1) is 15.4. The fourth-order valence-corrected chi connectivity index (χ4v) is 3.55. The minimum Gasteiger partial charge on any atom is -0.481 e. The molecule has 2 heterocycles. The highest BCUT2D eigenvalue weighted by Crippen LogP contribution is 2.28. The Morgan fingerprint density at radius 2 is 1.84 bits per heavy atom. The van der Waals surface area contributed by atoms with Crippen molar-refractivity contribution in [2.75, 3.05) is 0 Å². The molecule has 25 heavy (non-hydrogen) atoms. The molecule has 2 aromatic carbocycles. The van der Waals surface area contributed by atoms with Gasteiger partial charge in [0.15, 0.2) is 0 Å². The molecule has 0 amide bonds. The molecule has 5 nitrogen and oxygen atoms in total. The first-order valence-electron chi connectivity index (χ1n) is 8.51. The third-order valence-electron chi connectivity index (χ3n) is 4.63. The number of nitrogens with one attached hydrogen (secondary N) is 1. The second kappa shape index (κ2) is 6.09. The van der Waals surface area contributed by atoms with Gasteiger partial charge < -0.3 is 5.11 Å². The lowest BCUT2D eigenvalue weighted by Crippen LogP contribution is -2.32. The molecule has 0 spiro atoms. The lowest BCUT2D eigenvalue weighted by atomic mass is 10.1. The fraction of sp³-hybridized carbons (Fsp3) is 0.200. The zero-order valence-electron chi connectivity index (χ0n) is 14.1. The van der Waals surface area contributed by atoms with Crippen molar-refractivity contribution in [1.82, 2.24) is 9.38 Å². The summed E-state index contributed by atoms with van der Waals surface area (Å²) in [7, 11) is 0. The van der Waals surface area contributed by atoms with Crippen molar-refractivity contribution in [2.45, 2.75) is 26.3 Å². The number of carbonyl (C=O) groups is 1. The van der Waals surface area contributed by atoms with Gasteiger partial charge in [-0.1, -0.05) is 42.5 Å². The van der Waals surface area contributed by atoms with Crippen LogP contribution in [0.4, 0.5) is 0 Å². The van der Waals surface area contributed by atoms with Gasteiger partial charge in [0.1, 0.15) is 22.4 Å². The summed E-state index contributed by atoms with van der Waals surface area (Å²) in [5, 5.41) is 9.19. The number of nitrogens with zero attached hydrogens (tertiary/aromatic N) is 2. The number of hydrogen-bond acceptors (Lipinski definition) is 1. The number of aromatic amines is 1. The number of benzene rings is 2. The topological polar surface area (TPSA) is 61.4 Å². The molecular weight excluding hydrogens is 314 g/mol. The number of rotatable bonds is 5. The number of fused-ring (bicyclic) bond motifs is 3. The first-order valence-corrected chi connectivity index (χ1v) is 8.51. The highest BCUT2D eigenvalue weighted by molar-refractivity contribution is 5.78. The minimum atomic E-state index is -0.784. The average Bonchev–Trinajstić information content (AvgIpc) is 3.15. The zero-order valence-corrected chi connectivity index (χ0v) is 14.1. The van der Waals surface area contributed by atoms with E-state index in [9.17, 15) is 9.90 Å². The van der Waals surface area contributed by atoms with Gasteiger partial charge in [0.2, 0.25) is 0 Å². The molecule has 0 saturated carbocycles. The number of H-pyrrole nitrogens is 1. The van der Waals surface area contributed by atoms with Crippen LogP contribution in [0.3, 0.4) is 0 Å². The van der Waals surface area contributed by atoms with E-state index in [0.717, 1.165) is 40.3 Å². The first-order chi connectivity index (χ1) is 12.2. The quantitative estimate of drug-likeness (QED) is 0.549. The van der Waals surface area contributed by atoms with Gasteiger partial charge in [0.05, 0.1) is 13.0 Å². The molecule has 2 aromatic heterocycles. The van der Waals surface area contributed by atoms with E-state index in [1.54, 1.807) is 0 Å². The fourth-order valence-electron chi connectivity index (χ4n) is 3.55. The number of imidazole rings is 2. The largest absolute Gasteiger partial charge is 0.481 e. The number of carboxylic acids is 1. The third-order valence-corrected chi connectivity index (χ3v) is 4.63. The van der Waals surface area contributed by atoms with E-state index >= 15 is 0 Å². The molecule has 0 unspecified atom stereocenters. The monoisotopic (exact) mass is 334 g/mol. The maximum Gasteiger partial charge on any atom is 0.368 e. The highest BCUT2D eigenvalue weighted by Gasteiger charge is 2.26. The molecule has 0 radical (unpaired) electrons. The summed E-state index contributed by atoms with van der Waals surface area (Å²) in [6.45, 7) is 2.95. The number of para-hydroxylation sites is 2. The van der Waals surface area contributed by atoms with Crippen molar-refractivity contribution < 1.29 is 14.5 Å². The predicted molar refractivity (Wildman–Crippen MR) is 96.5 cm³/mol. The van der Waals surface area contributed by atoms with Crippen LogP contribution in [0.2, 0.25) is 0 Å². The average molecular weight is 334 g/mol. The van der Waals surface area contributed by atoms with Crippen molar-refractivity contribution in [1.29, 1.82) is 0 Å². The zero-order chi connectivity index (χ0) is 17.4. The van der Waals surface area contributed by atoms with E-state index in [4.69, 9.17) is 0 Å². The van der Waals surface area contributed by atoms with Crippen LogP contribution in [0.25, 0.3) is 28.1 Å². The van der Waals surface area contributed by atoms with Crippen molar-refractivity contribution in [3.63, 3.8) is 0 Å². The second-order valence-corrected chi connectivity index (χ2v) is 6.10. The van der Waals surface area contributed by atoms with E-state index in [1.807, 2.05) is 42.5 Å². The lowest BCUT2D eigenvalue weighted by molar-refractivity contribution is -0.643. The molecule has 4 aromatic rings. The van der Waals surface area contributed by atoms with E-state index in [0.29, 0.717) is 6.42 Å². The maximum atomic E-state index is 11.2. The molecule has 0 atom stereocenters. The highest BCUT2D eigenvalue weighted by atomic mass is 16.4. The number of aromatic nitrogens is 3. The van der Waals surface area contributed by atoms with Crippen LogP contribution in [0.5, 0.6) is 0 Å². The molecule has 126 valence electrons. The van der Waals surface area contributed by atoms with Gasteiger partial charge in [-0.05, 0) is 19.1 Å². The van der Waals surface area contributed by atoms with Crippen molar-refractivity contribution in [2.24, 2.45) is 0 Å². The SMILES string of the molecule is CC[n+]1c2ccccc2n2c(CCC(=O)O)c(-c3ccccc3)[nH]c21. The van der Waals surface area contributed by atoms with Crippen LogP contribution in [-0.4, -0.2) is 20.5 Å². The van der Waals surface area contributed by atoms with Gasteiger partial charge in [-0.3, -0.25) is 4.79 Å². The maximum absolute atomic E-state index is 11.2. The normalized spacial score (nSPS) is 11.4. The molecular formula is C20H20N3O2+. The van der Waals surface area contributed by atoms with E-state index in [1.165, 1.54) is 0 Å². The summed E-state index contributed by atoms with van der Waals surface area (Å²) in [5.74, 6) is 0.205. The van der Waals surface area contributed by atoms with Crippen LogP contribution in [0.1, 0.15) is 19.0 Å². The third kappa shape index (κ3) is 2.48. The van der Waals surface area contributed by atoms with Gasteiger partial charge in [0, 0.05) is 12.0 Å². The Morgan fingerprint density at radius 1 is 1.12 bits per heavy atom. The summed E-state index contributed by atoms with van der Waals surface area (Å²) in [5.41, 5.74) is 5.31. The smallest absolute Gasteiger partial charge is 0.368 e. The van der Waals surface area contributed by atoms with E-state index in [2.05, 4.69) is 33.0 Å². The van der Waals surface area contributed by atoms with Gasteiger partial charge in [-0.2, -0.15) is 4.40 Å². The van der Waals surface area contributed by atoms with Gasteiger partial charge in [0.25, 0.3) is 0 Å². The molecule has 4 rings (SSSR count). The molecule has 0 aliphatic rings. The summed E-state index contributed by atoms with van der Waals surface area (Å²) in [6.07, 6.45) is 0.577. The molecule has 5 heteroatoms. The number of carboxylic acid groups (broad SMARTS) is 1. The minimum absolute atomic E-state index is 0.103. The molecule has 0 bridgehead atoms. The Morgan fingerprint density at radius 3 is 2.56 bits per heavy atom. The number of aliphatic carboxylic acids is 1. The predicted octanol–water partition coefficient (Wildman–Crippen LogP) is 3.41. The number of hydrogen-bond donors (Lipinski definition) is 2. The summed E-state index contributed by atoms with van der Waals surface area (Å²) in [6, 6.07) is 18.3. The van der Waals surface area contributed by atoms with Crippen LogP contribution in [0, 0.1) is 0 Å². The Bertz CT molecular complexity index is 1060. The Balaban J connectivity index is 2.05. The lowest BCUT2D eigenvalue weighted by Gasteiger charge is -2.01. The Kier molecular flexibility index (Phi) is 3.76. The summed E-state index contributed by atoms with van der Waals surface area (Å²) < 4.78 is 4.40. The second-order valence-electron chi connectivity index (χ2n) is 6.10. The van der Waals surface area contributed by atoms with Crippen LogP contribution >= 0.6 is 0 Å². The standard InChI is InChI=1S/C20H19N3O2/c1-2-22-15-10-6-7-11-16(15)23-17(12-13-18(24)25)19(21-20(22)23)14-8-4-3-5-9-14/h3-11H,2,12-13H2,1H3,(H,24,25)/p+1. The van der Waals surface area contributed by atoms with Crippen molar-refractivity contribution in [3.8, 4) is 11.3 Å². The van der Waals surface area contributed by atoms with Crippen molar-refractivity contribution in [3.05, 3.63) is 60.3 Å².